The predicted octanol–water partition coefficient (Wildman–Crippen LogP) is 5.19. The summed E-state index contributed by atoms with van der Waals surface area (Å²) >= 11 is 5.26. The molecule has 0 aliphatic carbocycles. The molecule has 140 valence electrons. The SMILES string of the molecule is CCc1c(Br)cnc2nc(N3CCC[C@@H]3C(=O)CCc3ccccc3)sc12. The van der Waals surface area contributed by atoms with Gasteiger partial charge in [-0.1, -0.05) is 48.6 Å². The van der Waals surface area contributed by atoms with Crippen LogP contribution < -0.4 is 4.90 Å². The first-order valence-electron chi connectivity index (χ1n) is 9.44. The summed E-state index contributed by atoms with van der Waals surface area (Å²) in [5.41, 5.74) is 3.25. The maximum absolute atomic E-state index is 12.9. The van der Waals surface area contributed by atoms with Crippen molar-refractivity contribution in [3.63, 3.8) is 0 Å². The van der Waals surface area contributed by atoms with E-state index in [9.17, 15) is 4.79 Å². The van der Waals surface area contributed by atoms with Crippen LogP contribution in [0.4, 0.5) is 5.13 Å². The second kappa shape index (κ2) is 8.07. The van der Waals surface area contributed by atoms with Crippen LogP contribution in [0, 0.1) is 0 Å². The first-order valence-corrected chi connectivity index (χ1v) is 11.1. The largest absolute Gasteiger partial charge is 0.338 e. The molecule has 3 aromatic rings. The molecule has 27 heavy (non-hydrogen) atoms. The molecular weight excluding hydrogens is 422 g/mol. The molecule has 1 aromatic carbocycles. The van der Waals surface area contributed by atoms with Gasteiger partial charge in [0.25, 0.3) is 0 Å². The number of nitrogens with zero attached hydrogens (tertiary/aromatic N) is 3. The highest BCUT2D eigenvalue weighted by atomic mass is 79.9. The van der Waals surface area contributed by atoms with Crippen molar-refractivity contribution in [1.29, 1.82) is 0 Å². The molecule has 1 fully saturated rings. The number of carbonyl (C=O) groups excluding carboxylic acids is 1. The quantitative estimate of drug-likeness (QED) is 0.525. The molecule has 1 aliphatic rings. The summed E-state index contributed by atoms with van der Waals surface area (Å²) in [6, 6.07) is 10.2. The number of rotatable bonds is 6. The molecule has 6 heteroatoms. The van der Waals surface area contributed by atoms with Gasteiger partial charge in [-0.3, -0.25) is 4.79 Å². The van der Waals surface area contributed by atoms with E-state index in [1.54, 1.807) is 11.3 Å². The van der Waals surface area contributed by atoms with E-state index >= 15 is 0 Å². The van der Waals surface area contributed by atoms with Gasteiger partial charge in [-0.25, -0.2) is 4.98 Å². The fourth-order valence-electron chi connectivity index (χ4n) is 3.75. The number of hydrogen-bond acceptors (Lipinski definition) is 5. The van der Waals surface area contributed by atoms with Gasteiger partial charge < -0.3 is 4.90 Å². The van der Waals surface area contributed by atoms with Crippen molar-refractivity contribution >= 4 is 48.5 Å². The van der Waals surface area contributed by atoms with Crippen molar-refractivity contribution in [1.82, 2.24) is 9.97 Å². The van der Waals surface area contributed by atoms with Crippen molar-refractivity contribution in [2.24, 2.45) is 0 Å². The van der Waals surface area contributed by atoms with Crippen LogP contribution in [-0.2, 0) is 17.6 Å². The normalized spacial score (nSPS) is 17.0. The minimum Gasteiger partial charge on any atom is -0.338 e. The average molecular weight is 444 g/mol. The summed E-state index contributed by atoms with van der Waals surface area (Å²) in [5, 5.41) is 0.931. The Hall–Kier alpha value is -1.79. The number of carbonyl (C=O) groups is 1. The van der Waals surface area contributed by atoms with E-state index in [2.05, 4.69) is 44.9 Å². The lowest BCUT2D eigenvalue weighted by molar-refractivity contribution is -0.120. The first-order chi connectivity index (χ1) is 13.2. The number of aryl methyl sites for hydroxylation is 2. The average Bonchev–Trinajstić information content (AvgIpc) is 3.33. The van der Waals surface area contributed by atoms with E-state index < -0.39 is 0 Å². The Morgan fingerprint density at radius 3 is 2.93 bits per heavy atom. The predicted molar refractivity (Wildman–Crippen MR) is 115 cm³/mol. The third kappa shape index (κ3) is 3.78. The number of anilines is 1. The van der Waals surface area contributed by atoms with Crippen LogP contribution >= 0.6 is 27.3 Å². The van der Waals surface area contributed by atoms with Crippen molar-refractivity contribution in [3.05, 3.63) is 52.1 Å². The highest BCUT2D eigenvalue weighted by Gasteiger charge is 2.32. The molecule has 1 saturated heterocycles. The van der Waals surface area contributed by atoms with E-state index in [1.165, 1.54) is 11.1 Å². The molecule has 3 heterocycles. The monoisotopic (exact) mass is 443 g/mol. The lowest BCUT2D eigenvalue weighted by atomic mass is 10.0. The molecule has 0 radical (unpaired) electrons. The summed E-state index contributed by atoms with van der Waals surface area (Å²) in [5.74, 6) is 0.320. The molecule has 1 atom stereocenters. The number of thiazole rings is 1. The van der Waals surface area contributed by atoms with Crippen molar-refractivity contribution in [3.8, 4) is 0 Å². The second-order valence-corrected chi connectivity index (χ2v) is 8.72. The lowest BCUT2D eigenvalue weighted by Gasteiger charge is -2.22. The van der Waals surface area contributed by atoms with E-state index in [0.717, 1.165) is 52.2 Å². The Morgan fingerprint density at radius 2 is 2.15 bits per heavy atom. The van der Waals surface area contributed by atoms with Crippen LogP contribution in [0.3, 0.4) is 0 Å². The maximum Gasteiger partial charge on any atom is 0.188 e. The number of ketones is 1. The second-order valence-electron chi connectivity index (χ2n) is 6.89. The fraction of sp³-hybridized carbons (Fsp3) is 0.381. The number of aromatic nitrogens is 2. The smallest absolute Gasteiger partial charge is 0.188 e. The molecule has 0 saturated carbocycles. The van der Waals surface area contributed by atoms with Gasteiger partial charge in [0.15, 0.2) is 16.6 Å². The molecule has 0 spiro atoms. The van der Waals surface area contributed by atoms with E-state index in [-0.39, 0.29) is 6.04 Å². The zero-order chi connectivity index (χ0) is 18.8. The third-order valence-corrected chi connectivity index (χ3v) is 7.01. The fourth-order valence-corrected chi connectivity index (χ4v) is 5.68. The Balaban J connectivity index is 1.54. The van der Waals surface area contributed by atoms with E-state index in [1.807, 2.05) is 24.4 Å². The van der Waals surface area contributed by atoms with Crippen LogP contribution in [0.25, 0.3) is 10.3 Å². The number of fused-ring (bicyclic) bond motifs is 1. The molecule has 2 aromatic heterocycles. The van der Waals surface area contributed by atoms with Gasteiger partial charge in [-0.15, -0.1) is 0 Å². The van der Waals surface area contributed by atoms with Crippen molar-refractivity contribution in [2.75, 3.05) is 11.4 Å². The lowest BCUT2D eigenvalue weighted by Crippen LogP contribution is -2.36. The minimum atomic E-state index is -0.0530. The van der Waals surface area contributed by atoms with Crippen LogP contribution in [0.1, 0.15) is 37.3 Å². The molecule has 4 nitrogen and oxygen atoms in total. The van der Waals surface area contributed by atoms with Gasteiger partial charge in [-0.05, 0) is 52.7 Å². The first kappa shape index (κ1) is 18.6. The van der Waals surface area contributed by atoms with Gasteiger partial charge in [0, 0.05) is 23.6 Å². The van der Waals surface area contributed by atoms with Crippen LogP contribution in [0.2, 0.25) is 0 Å². The highest BCUT2D eigenvalue weighted by molar-refractivity contribution is 9.10. The summed E-state index contributed by atoms with van der Waals surface area (Å²) in [7, 11) is 0. The van der Waals surface area contributed by atoms with Gasteiger partial charge in [0.1, 0.15) is 0 Å². The number of halogens is 1. The van der Waals surface area contributed by atoms with Crippen LogP contribution in [0.15, 0.2) is 41.0 Å². The molecule has 0 unspecified atom stereocenters. The Labute approximate surface area is 171 Å². The summed E-state index contributed by atoms with van der Waals surface area (Å²) in [6.45, 7) is 3.04. The number of hydrogen-bond donors (Lipinski definition) is 0. The van der Waals surface area contributed by atoms with Gasteiger partial charge >= 0.3 is 0 Å². The Kier molecular flexibility index (Phi) is 5.55. The van der Waals surface area contributed by atoms with E-state index in [4.69, 9.17) is 4.98 Å². The van der Waals surface area contributed by atoms with Crippen molar-refractivity contribution < 1.29 is 4.79 Å². The topological polar surface area (TPSA) is 46.1 Å². The molecule has 1 aliphatic heterocycles. The minimum absolute atomic E-state index is 0.0530. The summed E-state index contributed by atoms with van der Waals surface area (Å²) in [4.78, 5) is 24.3. The summed E-state index contributed by atoms with van der Waals surface area (Å²) in [6.07, 6.45) is 6.10. The standard InChI is InChI=1S/C21H22BrN3OS/c1-2-15-16(22)13-23-20-19(15)27-21(24-20)25-12-6-9-17(25)18(26)11-10-14-7-4-3-5-8-14/h3-5,7-8,13,17H,2,6,9-12H2,1H3/t17-/m1/s1. The molecular formula is C21H22BrN3OS. The zero-order valence-corrected chi connectivity index (χ0v) is 17.7. The molecule has 0 N–H and O–H groups in total. The van der Waals surface area contributed by atoms with Crippen LogP contribution in [-0.4, -0.2) is 28.3 Å². The molecule has 0 bridgehead atoms. The van der Waals surface area contributed by atoms with Gasteiger partial charge in [-0.2, -0.15) is 4.98 Å². The van der Waals surface area contributed by atoms with Crippen LogP contribution in [0.5, 0.6) is 0 Å². The number of Topliss-reactive ketones (excluding diaryl/α,β-unsaturated/α-hetero) is 1. The zero-order valence-electron chi connectivity index (χ0n) is 15.3. The molecule has 0 amide bonds. The highest BCUT2D eigenvalue weighted by Crippen LogP contribution is 2.37. The number of pyridine rings is 1. The van der Waals surface area contributed by atoms with E-state index in [0.29, 0.717) is 12.2 Å². The van der Waals surface area contributed by atoms with Gasteiger partial charge in [0.2, 0.25) is 0 Å². The number of benzene rings is 1. The van der Waals surface area contributed by atoms with Crippen molar-refractivity contribution in [2.45, 2.75) is 45.1 Å². The molecule has 4 rings (SSSR count). The Bertz CT molecular complexity index is 957. The van der Waals surface area contributed by atoms with Gasteiger partial charge in [0.05, 0.1) is 10.7 Å². The Morgan fingerprint density at radius 1 is 1.33 bits per heavy atom. The third-order valence-electron chi connectivity index (χ3n) is 5.19. The maximum atomic E-state index is 12.9. The summed E-state index contributed by atoms with van der Waals surface area (Å²) < 4.78 is 2.16.